The van der Waals surface area contributed by atoms with E-state index in [-0.39, 0.29) is 30.3 Å². The SMILES string of the molecule is O=C1CCC2CN(C(=O)CN3CCCC3=O)CCC2N1. The van der Waals surface area contributed by atoms with Crippen LogP contribution in [0.2, 0.25) is 0 Å². The fourth-order valence-corrected chi connectivity index (χ4v) is 3.47. The molecule has 3 rings (SSSR count). The molecule has 0 aromatic rings. The van der Waals surface area contributed by atoms with Crippen molar-refractivity contribution in [2.24, 2.45) is 5.92 Å². The zero-order chi connectivity index (χ0) is 14.1. The summed E-state index contributed by atoms with van der Waals surface area (Å²) < 4.78 is 0. The van der Waals surface area contributed by atoms with Gasteiger partial charge in [0.25, 0.3) is 0 Å². The van der Waals surface area contributed by atoms with Crippen molar-refractivity contribution in [2.75, 3.05) is 26.2 Å². The molecule has 0 spiro atoms. The molecule has 110 valence electrons. The molecule has 3 aliphatic rings. The molecule has 6 nitrogen and oxygen atoms in total. The monoisotopic (exact) mass is 279 g/mol. The van der Waals surface area contributed by atoms with Crippen molar-refractivity contribution < 1.29 is 14.4 Å². The number of carbonyl (C=O) groups excluding carboxylic acids is 3. The molecule has 3 saturated heterocycles. The van der Waals surface area contributed by atoms with E-state index in [0.29, 0.717) is 38.4 Å². The summed E-state index contributed by atoms with van der Waals surface area (Å²) in [6.07, 6.45) is 3.69. The van der Waals surface area contributed by atoms with E-state index in [0.717, 1.165) is 19.3 Å². The Morgan fingerprint density at radius 3 is 2.80 bits per heavy atom. The first-order valence-corrected chi connectivity index (χ1v) is 7.48. The summed E-state index contributed by atoms with van der Waals surface area (Å²) in [5.41, 5.74) is 0. The van der Waals surface area contributed by atoms with Crippen molar-refractivity contribution >= 4 is 17.7 Å². The van der Waals surface area contributed by atoms with E-state index >= 15 is 0 Å². The molecule has 1 N–H and O–H groups in total. The average Bonchev–Trinajstić information content (AvgIpc) is 2.83. The van der Waals surface area contributed by atoms with Crippen molar-refractivity contribution in [3.63, 3.8) is 0 Å². The van der Waals surface area contributed by atoms with Gasteiger partial charge in [-0.2, -0.15) is 0 Å². The largest absolute Gasteiger partial charge is 0.353 e. The number of likely N-dealkylation sites (tertiary alicyclic amines) is 2. The molecular formula is C14H21N3O3. The standard InChI is InChI=1S/C14H21N3O3/c18-12-4-3-10-8-17(7-5-11(10)15-12)14(20)9-16-6-1-2-13(16)19/h10-11H,1-9H2,(H,15,18). The number of fused-ring (bicyclic) bond motifs is 1. The van der Waals surface area contributed by atoms with Crippen LogP contribution < -0.4 is 5.32 Å². The van der Waals surface area contributed by atoms with Gasteiger partial charge in [0.05, 0.1) is 6.54 Å². The fraction of sp³-hybridized carbons (Fsp3) is 0.786. The molecular weight excluding hydrogens is 258 g/mol. The minimum Gasteiger partial charge on any atom is -0.353 e. The number of nitrogens with zero attached hydrogens (tertiary/aromatic N) is 2. The van der Waals surface area contributed by atoms with E-state index in [2.05, 4.69) is 5.32 Å². The van der Waals surface area contributed by atoms with E-state index in [9.17, 15) is 14.4 Å². The number of rotatable bonds is 2. The maximum atomic E-state index is 12.3. The second kappa shape index (κ2) is 5.42. The minimum atomic E-state index is 0.0515. The highest BCUT2D eigenvalue weighted by molar-refractivity contribution is 5.86. The molecule has 0 aliphatic carbocycles. The van der Waals surface area contributed by atoms with Crippen LogP contribution in [-0.2, 0) is 14.4 Å². The van der Waals surface area contributed by atoms with Crippen LogP contribution >= 0.6 is 0 Å². The van der Waals surface area contributed by atoms with Gasteiger partial charge in [0.1, 0.15) is 0 Å². The smallest absolute Gasteiger partial charge is 0.242 e. The van der Waals surface area contributed by atoms with Crippen LogP contribution in [0.25, 0.3) is 0 Å². The molecule has 20 heavy (non-hydrogen) atoms. The van der Waals surface area contributed by atoms with Crippen molar-refractivity contribution in [1.82, 2.24) is 15.1 Å². The molecule has 0 radical (unpaired) electrons. The predicted molar refractivity (Wildman–Crippen MR) is 71.7 cm³/mol. The van der Waals surface area contributed by atoms with Crippen LogP contribution in [0.4, 0.5) is 0 Å². The lowest BCUT2D eigenvalue weighted by Gasteiger charge is -2.41. The second-order valence-electron chi connectivity index (χ2n) is 6.02. The van der Waals surface area contributed by atoms with Gasteiger partial charge in [0.2, 0.25) is 17.7 Å². The molecule has 0 aromatic carbocycles. The van der Waals surface area contributed by atoms with Crippen LogP contribution in [0.5, 0.6) is 0 Å². The summed E-state index contributed by atoms with van der Waals surface area (Å²) in [5, 5.41) is 3.02. The van der Waals surface area contributed by atoms with E-state index in [4.69, 9.17) is 0 Å². The molecule has 3 aliphatic heterocycles. The summed E-state index contributed by atoms with van der Waals surface area (Å²) in [6, 6.07) is 0.230. The molecule has 6 heteroatoms. The zero-order valence-corrected chi connectivity index (χ0v) is 11.6. The third-order valence-electron chi connectivity index (χ3n) is 4.67. The Morgan fingerprint density at radius 2 is 2.05 bits per heavy atom. The van der Waals surface area contributed by atoms with Gasteiger partial charge in [-0.1, -0.05) is 0 Å². The van der Waals surface area contributed by atoms with Crippen molar-refractivity contribution in [1.29, 1.82) is 0 Å². The van der Waals surface area contributed by atoms with Crippen LogP contribution in [0.1, 0.15) is 32.1 Å². The molecule has 0 bridgehead atoms. The normalized spacial score (nSPS) is 30.2. The van der Waals surface area contributed by atoms with E-state index in [1.54, 1.807) is 4.90 Å². The summed E-state index contributed by atoms with van der Waals surface area (Å²) >= 11 is 0. The first kappa shape index (κ1) is 13.4. The molecule has 3 amide bonds. The first-order valence-electron chi connectivity index (χ1n) is 7.48. The lowest BCUT2D eigenvalue weighted by molar-refractivity contribution is -0.140. The minimum absolute atomic E-state index is 0.0515. The third-order valence-corrected chi connectivity index (χ3v) is 4.67. The van der Waals surface area contributed by atoms with Crippen LogP contribution in [-0.4, -0.2) is 59.7 Å². The number of amides is 3. The highest BCUT2D eigenvalue weighted by atomic mass is 16.2. The Morgan fingerprint density at radius 1 is 1.20 bits per heavy atom. The molecule has 0 saturated carbocycles. The lowest BCUT2D eigenvalue weighted by Crippen LogP contribution is -2.56. The summed E-state index contributed by atoms with van der Waals surface area (Å²) in [7, 11) is 0. The van der Waals surface area contributed by atoms with Gasteiger partial charge in [-0.15, -0.1) is 0 Å². The van der Waals surface area contributed by atoms with Crippen LogP contribution in [0, 0.1) is 5.92 Å². The molecule has 3 heterocycles. The van der Waals surface area contributed by atoms with Crippen molar-refractivity contribution in [3.05, 3.63) is 0 Å². The molecule has 2 unspecified atom stereocenters. The maximum absolute atomic E-state index is 12.3. The Labute approximate surface area is 118 Å². The predicted octanol–water partition coefficient (Wildman–Crippen LogP) is -0.264. The number of piperidine rings is 2. The number of carbonyl (C=O) groups is 3. The highest BCUT2D eigenvalue weighted by Crippen LogP contribution is 2.25. The number of hydrogen-bond acceptors (Lipinski definition) is 3. The third kappa shape index (κ3) is 2.64. The maximum Gasteiger partial charge on any atom is 0.242 e. The van der Waals surface area contributed by atoms with Gasteiger partial charge >= 0.3 is 0 Å². The molecule has 3 fully saturated rings. The summed E-state index contributed by atoms with van der Waals surface area (Å²) in [6.45, 7) is 2.33. The van der Waals surface area contributed by atoms with Crippen LogP contribution in [0.3, 0.4) is 0 Å². The first-order chi connectivity index (χ1) is 9.63. The quantitative estimate of drug-likeness (QED) is 0.757. The molecule has 0 aromatic heterocycles. The highest BCUT2D eigenvalue weighted by Gasteiger charge is 2.36. The Kier molecular flexibility index (Phi) is 3.63. The topological polar surface area (TPSA) is 69.7 Å². The average molecular weight is 279 g/mol. The van der Waals surface area contributed by atoms with E-state index in [1.807, 2.05) is 4.90 Å². The van der Waals surface area contributed by atoms with E-state index in [1.165, 1.54) is 0 Å². The molecule has 2 atom stereocenters. The van der Waals surface area contributed by atoms with E-state index < -0.39 is 0 Å². The van der Waals surface area contributed by atoms with Crippen LogP contribution in [0.15, 0.2) is 0 Å². The van der Waals surface area contributed by atoms with Crippen molar-refractivity contribution in [2.45, 2.75) is 38.1 Å². The zero-order valence-electron chi connectivity index (χ0n) is 11.6. The van der Waals surface area contributed by atoms with Gasteiger partial charge in [-0.3, -0.25) is 14.4 Å². The Balaban J connectivity index is 1.54. The Bertz CT molecular complexity index is 437. The Hall–Kier alpha value is -1.59. The van der Waals surface area contributed by atoms with Gasteiger partial charge in [-0.05, 0) is 25.2 Å². The summed E-state index contributed by atoms with van der Waals surface area (Å²) in [4.78, 5) is 38.7. The van der Waals surface area contributed by atoms with Crippen molar-refractivity contribution in [3.8, 4) is 0 Å². The van der Waals surface area contributed by atoms with Gasteiger partial charge in [-0.25, -0.2) is 0 Å². The second-order valence-corrected chi connectivity index (χ2v) is 6.02. The fourth-order valence-electron chi connectivity index (χ4n) is 3.47. The summed E-state index contributed by atoms with van der Waals surface area (Å²) in [5.74, 6) is 0.655. The number of hydrogen-bond donors (Lipinski definition) is 1. The van der Waals surface area contributed by atoms with Gasteiger partial charge in [0, 0.05) is 38.5 Å². The van der Waals surface area contributed by atoms with Gasteiger partial charge < -0.3 is 15.1 Å². The number of nitrogens with one attached hydrogen (secondary N) is 1. The lowest BCUT2D eigenvalue weighted by atomic mass is 9.85. The van der Waals surface area contributed by atoms with Gasteiger partial charge in [0.15, 0.2) is 0 Å².